The summed E-state index contributed by atoms with van der Waals surface area (Å²) in [6.07, 6.45) is 3.31. The average molecular weight is 282 g/mol. The summed E-state index contributed by atoms with van der Waals surface area (Å²) < 4.78 is 0. The van der Waals surface area contributed by atoms with Crippen molar-refractivity contribution < 1.29 is 20.1 Å². The summed E-state index contributed by atoms with van der Waals surface area (Å²) in [5.74, 6) is -0.615. The first kappa shape index (κ1) is 13.2. The number of aromatic hydroxyl groups is 3. The minimum atomic E-state index is -0.386. The maximum atomic E-state index is 11.4. The monoisotopic (exact) mass is 282 g/mol. The third-order valence-corrected chi connectivity index (χ3v) is 3.75. The van der Waals surface area contributed by atoms with Crippen LogP contribution in [0.5, 0.6) is 17.2 Å². The molecule has 3 N–H and O–H groups in total. The quantitative estimate of drug-likeness (QED) is 0.584. The summed E-state index contributed by atoms with van der Waals surface area (Å²) in [7, 11) is 0. The van der Waals surface area contributed by atoms with Gasteiger partial charge in [0.05, 0.1) is 5.92 Å². The van der Waals surface area contributed by atoms with Gasteiger partial charge in [-0.25, -0.2) is 0 Å². The second-order valence-corrected chi connectivity index (χ2v) is 5.14. The fourth-order valence-corrected chi connectivity index (χ4v) is 2.71. The molecule has 0 aromatic heterocycles. The maximum absolute atomic E-state index is 11.4. The van der Waals surface area contributed by atoms with Crippen molar-refractivity contribution in [2.75, 3.05) is 0 Å². The first-order valence-electron chi connectivity index (χ1n) is 6.58. The zero-order valence-electron chi connectivity index (χ0n) is 11.2. The summed E-state index contributed by atoms with van der Waals surface area (Å²) >= 11 is 0. The van der Waals surface area contributed by atoms with E-state index >= 15 is 0 Å². The Bertz CT molecular complexity index is 746. The molecular weight excluding hydrogens is 268 g/mol. The molecule has 0 spiro atoms. The summed E-state index contributed by atoms with van der Waals surface area (Å²) in [6, 6.07) is 9.57. The topological polar surface area (TPSA) is 77.8 Å². The lowest BCUT2D eigenvalue weighted by molar-refractivity contribution is -0.108. The minimum absolute atomic E-state index is 0.143. The van der Waals surface area contributed by atoms with Crippen LogP contribution in [0.25, 0.3) is 6.08 Å². The number of rotatable bonds is 2. The largest absolute Gasteiger partial charge is 0.508 e. The van der Waals surface area contributed by atoms with Crippen LogP contribution in [0.1, 0.15) is 22.6 Å². The molecule has 0 radical (unpaired) electrons. The molecule has 4 nitrogen and oxygen atoms in total. The van der Waals surface area contributed by atoms with Crippen LogP contribution >= 0.6 is 0 Å². The van der Waals surface area contributed by atoms with Crippen LogP contribution in [-0.4, -0.2) is 21.6 Å². The molecule has 1 atom stereocenters. The number of hydrogen-bond donors (Lipinski definition) is 3. The van der Waals surface area contributed by atoms with Crippen LogP contribution in [0.3, 0.4) is 0 Å². The number of benzene rings is 2. The number of phenols is 3. The van der Waals surface area contributed by atoms with E-state index < -0.39 is 0 Å². The Morgan fingerprint density at radius 2 is 1.81 bits per heavy atom. The Balaban J connectivity index is 2.01. The van der Waals surface area contributed by atoms with Crippen LogP contribution in [0.4, 0.5) is 0 Å². The number of phenolic OH excluding ortho intramolecular Hbond substituents is 3. The van der Waals surface area contributed by atoms with Gasteiger partial charge in [-0.15, -0.1) is 0 Å². The van der Waals surface area contributed by atoms with Crippen LogP contribution in [-0.2, 0) is 11.2 Å². The molecule has 2 aromatic rings. The number of allylic oxidation sites excluding steroid dienone is 1. The van der Waals surface area contributed by atoms with E-state index in [1.165, 1.54) is 12.1 Å². The highest BCUT2D eigenvalue weighted by Gasteiger charge is 2.27. The number of aldehydes is 1. The lowest BCUT2D eigenvalue weighted by Gasteiger charge is -2.06. The van der Waals surface area contributed by atoms with Crippen LogP contribution in [0, 0.1) is 0 Å². The van der Waals surface area contributed by atoms with E-state index in [0.29, 0.717) is 12.0 Å². The summed E-state index contributed by atoms with van der Waals surface area (Å²) in [6.45, 7) is 0. The van der Waals surface area contributed by atoms with E-state index in [1.807, 2.05) is 12.1 Å². The van der Waals surface area contributed by atoms with Crippen LogP contribution in [0.2, 0.25) is 0 Å². The fraction of sp³-hybridized carbons (Fsp3) is 0.118. The van der Waals surface area contributed by atoms with E-state index in [9.17, 15) is 20.1 Å². The highest BCUT2D eigenvalue weighted by atomic mass is 16.3. The van der Waals surface area contributed by atoms with Gasteiger partial charge in [-0.05, 0) is 47.4 Å². The van der Waals surface area contributed by atoms with E-state index in [-0.39, 0.29) is 23.2 Å². The van der Waals surface area contributed by atoms with Gasteiger partial charge in [0, 0.05) is 0 Å². The van der Waals surface area contributed by atoms with Crippen molar-refractivity contribution >= 4 is 12.4 Å². The molecule has 1 aliphatic carbocycles. The molecule has 21 heavy (non-hydrogen) atoms. The molecule has 0 amide bonds. The number of carbonyl (C=O) groups excluding carboxylic acids is 1. The fourth-order valence-electron chi connectivity index (χ4n) is 2.71. The lowest BCUT2D eigenvalue weighted by atomic mass is 9.97. The van der Waals surface area contributed by atoms with Crippen LogP contribution < -0.4 is 0 Å². The molecule has 0 saturated heterocycles. The average Bonchev–Trinajstić information content (AvgIpc) is 2.79. The lowest BCUT2D eigenvalue weighted by Crippen LogP contribution is -1.97. The van der Waals surface area contributed by atoms with Gasteiger partial charge in [0.15, 0.2) is 11.5 Å². The Hall–Kier alpha value is -2.75. The highest BCUT2D eigenvalue weighted by Crippen LogP contribution is 2.39. The normalized spacial score (nSPS) is 18.7. The van der Waals surface area contributed by atoms with Gasteiger partial charge in [-0.2, -0.15) is 0 Å². The first-order valence-corrected chi connectivity index (χ1v) is 6.58. The van der Waals surface area contributed by atoms with Gasteiger partial charge >= 0.3 is 0 Å². The molecule has 1 aliphatic rings. The molecule has 4 heteroatoms. The molecule has 3 rings (SSSR count). The van der Waals surface area contributed by atoms with E-state index in [0.717, 1.165) is 23.0 Å². The Morgan fingerprint density at radius 3 is 2.52 bits per heavy atom. The van der Waals surface area contributed by atoms with Crippen molar-refractivity contribution in [3.05, 3.63) is 58.7 Å². The van der Waals surface area contributed by atoms with Gasteiger partial charge in [0.1, 0.15) is 12.0 Å². The minimum Gasteiger partial charge on any atom is -0.508 e. The second kappa shape index (κ2) is 4.98. The molecule has 1 unspecified atom stereocenters. The predicted octanol–water partition coefficient (Wildman–Crippen LogP) is 2.73. The van der Waals surface area contributed by atoms with Crippen molar-refractivity contribution in [3.8, 4) is 17.2 Å². The molecule has 2 aromatic carbocycles. The predicted molar refractivity (Wildman–Crippen MR) is 78.4 cm³/mol. The number of hydrogen-bond acceptors (Lipinski definition) is 4. The van der Waals surface area contributed by atoms with Crippen molar-refractivity contribution in [2.45, 2.75) is 12.3 Å². The molecule has 0 aliphatic heterocycles. The summed E-state index contributed by atoms with van der Waals surface area (Å²) in [4.78, 5) is 11.4. The zero-order valence-corrected chi connectivity index (χ0v) is 11.2. The molecule has 0 heterocycles. The molecule has 106 valence electrons. The van der Waals surface area contributed by atoms with Crippen molar-refractivity contribution in [3.63, 3.8) is 0 Å². The number of fused-ring (bicyclic) bond motifs is 1. The van der Waals surface area contributed by atoms with Gasteiger partial charge < -0.3 is 20.1 Å². The van der Waals surface area contributed by atoms with Crippen molar-refractivity contribution in [1.82, 2.24) is 0 Å². The highest BCUT2D eigenvalue weighted by molar-refractivity contribution is 5.77. The summed E-state index contributed by atoms with van der Waals surface area (Å²) in [5.41, 5.74) is 3.44. The van der Waals surface area contributed by atoms with E-state index in [1.54, 1.807) is 18.2 Å². The Labute approximate surface area is 121 Å². The molecule has 0 fully saturated rings. The van der Waals surface area contributed by atoms with E-state index in [2.05, 4.69) is 0 Å². The van der Waals surface area contributed by atoms with Gasteiger partial charge in [-0.1, -0.05) is 23.8 Å². The molecule has 0 bridgehead atoms. The molecule has 0 saturated carbocycles. The smallest absolute Gasteiger partial charge is 0.157 e. The molecular formula is C17H14O4. The zero-order chi connectivity index (χ0) is 15.0. The van der Waals surface area contributed by atoms with Crippen molar-refractivity contribution in [1.29, 1.82) is 0 Å². The summed E-state index contributed by atoms with van der Waals surface area (Å²) in [5, 5.41) is 28.4. The number of carbonyl (C=O) groups is 1. The van der Waals surface area contributed by atoms with Gasteiger partial charge in [-0.3, -0.25) is 0 Å². The third kappa shape index (κ3) is 2.36. The standard InChI is InChI=1S/C17H14O4/c18-9-15-12(5-10-1-4-16(20)17(21)6-10)7-11-2-3-13(19)8-14(11)15/h1-6,8-9,15,19-21H,7H2/b12-5+. The Kier molecular flexibility index (Phi) is 3.14. The van der Waals surface area contributed by atoms with E-state index in [4.69, 9.17) is 0 Å². The van der Waals surface area contributed by atoms with Gasteiger partial charge in [0.2, 0.25) is 0 Å². The van der Waals surface area contributed by atoms with Gasteiger partial charge in [0.25, 0.3) is 0 Å². The first-order chi connectivity index (χ1) is 10.1. The third-order valence-electron chi connectivity index (χ3n) is 3.75. The Morgan fingerprint density at radius 1 is 1.00 bits per heavy atom. The second-order valence-electron chi connectivity index (χ2n) is 5.14. The SMILES string of the molecule is O=CC1/C(=C/c2ccc(O)c(O)c2)Cc2ccc(O)cc21. The maximum Gasteiger partial charge on any atom is 0.157 e. The van der Waals surface area contributed by atoms with Crippen molar-refractivity contribution in [2.24, 2.45) is 0 Å². The van der Waals surface area contributed by atoms with Crippen LogP contribution in [0.15, 0.2) is 42.0 Å².